The second-order valence-corrected chi connectivity index (χ2v) is 1.06. The third-order valence-electron chi connectivity index (χ3n) is 0.605. The Balaban J connectivity index is 0.000000360. The molecule has 0 aromatic heterocycles. The van der Waals surface area contributed by atoms with Crippen LogP contribution in [0.2, 0.25) is 0 Å². The topological polar surface area (TPSA) is 38.3 Å². The largest absolute Gasteiger partial charge is 0.448 e. The molecule has 0 radical (unpaired) electrons. The number of cyclic esters (lactones) is 1. The molecule has 1 saturated heterocycles. The Labute approximate surface area is 58.4 Å². The predicted octanol–water partition coefficient (Wildman–Crippen LogP) is 0.344. The highest BCUT2D eigenvalue weighted by Gasteiger charge is 2.06. The minimum atomic E-state index is -0.296. The number of alkyl carbamates (subject to hydrolysis) is 1. The van der Waals surface area contributed by atoms with Crippen LogP contribution in [-0.2, 0) is 4.74 Å². The maximum atomic E-state index is 9.91. The fraction of sp³-hybridized carbons (Fsp3) is 0.667. The second kappa shape index (κ2) is 3.06. The van der Waals surface area contributed by atoms with Crippen LogP contribution in [0, 0.1) is 0 Å². The second-order valence-electron chi connectivity index (χ2n) is 1.06. The highest BCUT2D eigenvalue weighted by Crippen LogP contribution is 1.82. The quantitative estimate of drug-likeness (QED) is 0.592. The molecule has 0 bridgehead atoms. The summed E-state index contributed by atoms with van der Waals surface area (Å²) >= 11 is 0. The third kappa shape index (κ3) is 1.96. The number of rotatable bonds is 0. The summed E-state index contributed by atoms with van der Waals surface area (Å²) in [7, 11) is 0. The van der Waals surface area contributed by atoms with Crippen molar-refractivity contribution in [2.45, 2.75) is 0 Å². The zero-order valence-electron chi connectivity index (χ0n) is 3.64. The molecule has 0 atom stereocenters. The first kappa shape index (κ1) is 7.00. The molecular weight excluding hydrogens is 209 g/mol. The maximum absolute atomic E-state index is 9.91. The van der Waals surface area contributed by atoms with Gasteiger partial charge in [0.2, 0.25) is 0 Å². The average molecular weight is 215 g/mol. The van der Waals surface area contributed by atoms with Crippen LogP contribution in [-0.4, -0.2) is 19.2 Å². The monoisotopic (exact) mass is 215 g/mol. The van der Waals surface area contributed by atoms with Gasteiger partial charge in [-0.05, 0) is 0 Å². The number of carbonyl (C=O) groups excluding carboxylic acids is 1. The van der Waals surface area contributed by atoms with E-state index in [-0.39, 0.29) is 30.1 Å². The normalized spacial score (nSPS) is 16.9. The number of hydrogen-bond donors (Lipinski definition) is 1. The van der Waals surface area contributed by atoms with Crippen molar-refractivity contribution >= 4 is 30.1 Å². The summed E-state index contributed by atoms with van der Waals surface area (Å²) < 4.78 is 4.40. The molecule has 0 saturated carbocycles. The van der Waals surface area contributed by atoms with E-state index in [0.29, 0.717) is 13.2 Å². The van der Waals surface area contributed by atoms with Gasteiger partial charge in [-0.3, -0.25) is 0 Å². The predicted molar refractivity (Wildman–Crippen MR) is 34.8 cm³/mol. The van der Waals surface area contributed by atoms with Gasteiger partial charge in [-0.25, -0.2) is 4.79 Å². The van der Waals surface area contributed by atoms with Crippen molar-refractivity contribution in [2.24, 2.45) is 0 Å². The van der Waals surface area contributed by atoms with Crippen LogP contribution in [0.1, 0.15) is 0 Å². The first-order valence-corrected chi connectivity index (χ1v) is 1.80. The van der Waals surface area contributed by atoms with Crippen molar-refractivity contribution in [3.05, 3.63) is 0 Å². The lowest BCUT2D eigenvalue weighted by molar-refractivity contribution is 0.178. The van der Waals surface area contributed by atoms with Crippen molar-refractivity contribution in [1.29, 1.82) is 0 Å². The number of nitrogens with one attached hydrogen (secondary N) is 1. The van der Waals surface area contributed by atoms with E-state index in [4.69, 9.17) is 0 Å². The zero-order chi connectivity index (χ0) is 4.41. The lowest BCUT2D eigenvalue weighted by atomic mass is 10.7. The summed E-state index contributed by atoms with van der Waals surface area (Å²) in [6.07, 6.45) is -0.296. The summed E-state index contributed by atoms with van der Waals surface area (Å²) in [5, 5.41) is 2.46. The highest BCUT2D eigenvalue weighted by atomic mass is 127. The van der Waals surface area contributed by atoms with Gasteiger partial charge in [0.25, 0.3) is 0 Å². The molecule has 1 fully saturated rings. The lowest BCUT2D eigenvalue weighted by Crippen LogP contribution is -2.11. The Morgan fingerprint density at radius 3 is 2.57 bits per heavy atom. The van der Waals surface area contributed by atoms with E-state index in [1.54, 1.807) is 0 Å². The molecule has 0 aromatic carbocycles. The SMILES string of the molecule is I.O=C1NCCO1. The Kier molecular flexibility index (Phi) is 3.06. The minimum Gasteiger partial charge on any atom is -0.448 e. The van der Waals surface area contributed by atoms with Gasteiger partial charge in [0.1, 0.15) is 6.61 Å². The van der Waals surface area contributed by atoms with Gasteiger partial charge >= 0.3 is 6.09 Å². The summed E-state index contributed by atoms with van der Waals surface area (Å²) in [5.74, 6) is 0. The molecule has 3 nitrogen and oxygen atoms in total. The molecule has 1 aliphatic heterocycles. The fourth-order valence-corrected chi connectivity index (χ4v) is 0.348. The van der Waals surface area contributed by atoms with Crippen molar-refractivity contribution < 1.29 is 9.53 Å². The van der Waals surface area contributed by atoms with Crippen molar-refractivity contribution in [3.8, 4) is 0 Å². The van der Waals surface area contributed by atoms with E-state index < -0.39 is 0 Å². The van der Waals surface area contributed by atoms with Crippen LogP contribution in [0.4, 0.5) is 4.79 Å². The minimum absolute atomic E-state index is 0. The lowest BCUT2D eigenvalue weighted by Gasteiger charge is -1.80. The zero-order valence-corrected chi connectivity index (χ0v) is 5.97. The number of carbonyl (C=O) groups is 1. The van der Waals surface area contributed by atoms with Gasteiger partial charge in [-0.15, -0.1) is 24.0 Å². The third-order valence-corrected chi connectivity index (χ3v) is 0.605. The summed E-state index contributed by atoms with van der Waals surface area (Å²) in [5.41, 5.74) is 0. The Bertz CT molecular complexity index is 67.3. The number of halogens is 1. The fourth-order valence-electron chi connectivity index (χ4n) is 0.348. The number of hydrogen-bond acceptors (Lipinski definition) is 2. The van der Waals surface area contributed by atoms with Crippen LogP contribution in [0.25, 0.3) is 0 Å². The Morgan fingerprint density at radius 1 is 1.71 bits per heavy atom. The molecule has 0 unspecified atom stereocenters. The molecule has 42 valence electrons. The van der Waals surface area contributed by atoms with E-state index in [9.17, 15) is 4.79 Å². The highest BCUT2D eigenvalue weighted by molar-refractivity contribution is 14.0. The standard InChI is InChI=1S/C3H5NO2.HI/c5-3-4-1-2-6-3;/h1-2H2,(H,4,5);1H. The van der Waals surface area contributed by atoms with Crippen LogP contribution in [0.5, 0.6) is 0 Å². The molecular formula is C3H6INO2. The van der Waals surface area contributed by atoms with E-state index >= 15 is 0 Å². The van der Waals surface area contributed by atoms with Crippen molar-refractivity contribution in [3.63, 3.8) is 0 Å². The van der Waals surface area contributed by atoms with E-state index in [1.165, 1.54) is 0 Å². The molecule has 1 heterocycles. The molecule has 1 amide bonds. The van der Waals surface area contributed by atoms with Gasteiger partial charge in [0.15, 0.2) is 0 Å². The number of ether oxygens (including phenoxy) is 1. The molecule has 1 aliphatic rings. The maximum Gasteiger partial charge on any atom is 0.407 e. The van der Waals surface area contributed by atoms with Gasteiger partial charge < -0.3 is 10.1 Å². The van der Waals surface area contributed by atoms with E-state index in [2.05, 4.69) is 10.1 Å². The van der Waals surface area contributed by atoms with Crippen LogP contribution >= 0.6 is 24.0 Å². The van der Waals surface area contributed by atoms with Gasteiger partial charge in [0.05, 0.1) is 6.54 Å². The molecule has 0 aromatic rings. The van der Waals surface area contributed by atoms with Gasteiger partial charge in [0, 0.05) is 0 Å². The summed E-state index contributed by atoms with van der Waals surface area (Å²) in [6, 6.07) is 0. The molecule has 1 N–H and O–H groups in total. The first-order chi connectivity index (χ1) is 2.89. The molecule has 0 spiro atoms. The first-order valence-electron chi connectivity index (χ1n) is 1.80. The van der Waals surface area contributed by atoms with Gasteiger partial charge in [-0.1, -0.05) is 0 Å². The van der Waals surface area contributed by atoms with Crippen LogP contribution in [0.15, 0.2) is 0 Å². The molecule has 1 rings (SSSR count). The van der Waals surface area contributed by atoms with E-state index in [0.717, 1.165) is 0 Å². The Morgan fingerprint density at radius 2 is 2.43 bits per heavy atom. The van der Waals surface area contributed by atoms with Crippen LogP contribution < -0.4 is 5.32 Å². The van der Waals surface area contributed by atoms with Crippen molar-refractivity contribution in [2.75, 3.05) is 13.2 Å². The van der Waals surface area contributed by atoms with Gasteiger partial charge in [-0.2, -0.15) is 0 Å². The molecule has 4 heteroatoms. The Hall–Kier alpha value is 0. The van der Waals surface area contributed by atoms with E-state index in [1.807, 2.05) is 0 Å². The summed E-state index contributed by atoms with van der Waals surface area (Å²) in [6.45, 7) is 1.19. The number of amides is 1. The van der Waals surface area contributed by atoms with Crippen LogP contribution in [0.3, 0.4) is 0 Å². The van der Waals surface area contributed by atoms with Crippen molar-refractivity contribution in [1.82, 2.24) is 5.32 Å². The smallest absolute Gasteiger partial charge is 0.407 e. The average Bonchev–Trinajstić information content (AvgIpc) is 1.86. The summed E-state index contributed by atoms with van der Waals surface area (Å²) in [4.78, 5) is 9.91. The molecule has 0 aliphatic carbocycles. The molecule has 7 heavy (non-hydrogen) atoms.